The van der Waals surface area contributed by atoms with E-state index in [1.807, 2.05) is 20.8 Å². The van der Waals surface area contributed by atoms with Crippen molar-refractivity contribution in [2.45, 2.75) is 33.6 Å². The van der Waals surface area contributed by atoms with Crippen molar-refractivity contribution in [3.05, 3.63) is 0 Å². The average molecular weight is 212 g/mol. The maximum Gasteiger partial charge on any atom is 0.152 e. The molecule has 0 saturated carbocycles. The van der Waals surface area contributed by atoms with E-state index in [1.54, 1.807) is 0 Å². The van der Waals surface area contributed by atoms with Gasteiger partial charge < -0.3 is 5.73 Å². The number of carbonyl (C=O) groups excluding carboxylic acids is 1. The molecule has 3 heteroatoms. The largest absolute Gasteiger partial charge is 0.330 e. The van der Waals surface area contributed by atoms with E-state index >= 15 is 0 Å². The van der Waals surface area contributed by atoms with E-state index in [9.17, 15) is 4.79 Å². The molecule has 0 aromatic carbocycles. The third kappa shape index (κ3) is 3.92. The number of piperidine rings is 1. The van der Waals surface area contributed by atoms with Crippen LogP contribution < -0.4 is 5.73 Å². The molecule has 1 atom stereocenters. The van der Waals surface area contributed by atoms with Crippen LogP contribution >= 0.6 is 0 Å². The molecular weight excluding hydrogens is 188 g/mol. The molecule has 0 radical (unpaired) electrons. The van der Waals surface area contributed by atoms with Crippen LogP contribution in [0.4, 0.5) is 0 Å². The Kier molecular flexibility index (Phi) is 4.29. The van der Waals surface area contributed by atoms with Crippen LogP contribution in [0.3, 0.4) is 0 Å². The molecule has 0 spiro atoms. The number of hydrogen-bond acceptors (Lipinski definition) is 3. The number of carbonyl (C=O) groups is 1. The number of hydrogen-bond donors (Lipinski definition) is 1. The molecule has 0 bridgehead atoms. The fraction of sp³-hybridized carbons (Fsp3) is 0.917. The average Bonchev–Trinajstić information content (AvgIpc) is 2.16. The number of Topliss-reactive ketones (excluding diaryl/α,β-unsaturated/α-hetero) is 1. The first-order valence-electron chi connectivity index (χ1n) is 5.89. The first kappa shape index (κ1) is 12.7. The zero-order valence-corrected chi connectivity index (χ0v) is 10.3. The van der Waals surface area contributed by atoms with Crippen molar-refractivity contribution in [3.8, 4) is 0 Å². The van der Waals surface area contributed by atoms with E-state index in [-0.39, 0.29) is 5.41 Å². The van der Waals surface area contributed by atoms with E-state index in [0.29, 0.717) is 18.2 Å². The van der Waals surface area contributed by atoms with Crippen molar-refractivity contribution < 1.29 is 4.79 Å². The van der Waals surface area contributed by atoms with Crippen molar-refractivity contribution in [1.29, 1.82) is 0 Å². The van der Waals surface area contributed by atoms with Crippen LogP contribution in [0.15, 0.2) is 0 Å². The van der Waals surface area contributed by atoms with Gasteiger partial charge in [-0.05, 0) is 31.8 Å². The number of likely N-dealkylation sites (tertiary alicyclic amines) is 1. The Morgan fingerprint density at radius 3 is 2.67 bits per heavy atom. The minimum atomic E-state index is -0.213. The fourth-order valence-electron chi connectivity index (χ4n) is 1.93. The molecule has 15 heavy (non-hydrogen) atoms. The molecule has 1 rings (SSSR count). The molecule has 1 aliphatic rings. The Labute approximate surface area is 93.0 Å². The number of nitrogens with two attached hydrogens (primary N) is 1. The van der Waals surface area contributed by atoms with Crippen LogP contribution in [0.25, 0.3) is 0 Å². The Morgan fingerprint density at radius 2 is 2.13 bits per heavy atom. The summed E-state index contributed by atoms with van der Waals surface area (Å²) in [6, 6.07) is 0. The lowest BCUT2D eigenvalue weighted by atomic mass is 9.89. The van der Waals surface area contributed by atoms with Gasteiger partial charge in [0.15, 0.2) is 5.78 Å². The zero-order valence-electron chi connectivity index (χ0n) is 10.3. The van der Waals surface area contributed by atoms with Gasteiger partial charge in [-0.2, -0.15) is 0 Å². The monoisotopic (exact) mass is 212 g/mol. The first-order chi connectivity index (χ1) is 6.93. The summed E-state index contributed by atoms with van der Waals surface area (Å²) >= 11 is 0. The first-order valence-corrected chi connectivity index (χ1v) is 5.89. The van der Waals surface area contributed by atoms with E-state index < -0.39 is 0 Å². The minimum absolute atomic E-state index is 0.213. The summed E-state index contributed by atoms with van der Waals surface area (Å²) in [6.07, 6.45) is 2.40. The molecule has 3 nitrogen and oxygen atoms in total. The second-order valence-electron chi connectivity index (χ2n) is 5.65. The minimum Gasteiger partial charge on any atom is -0.330 e. The maximum absolute atomic E-state index is 11.9. The summed E-state index contributed by atoms with van der Waals surface area (Å²) in [6.45, 7) is 9.36. The Morgan fingerprint density at radius 1 is 1.47 bits per heavy atom. The molecule has 1 fully saturated rings. The second-order valence-corrected chi connectivity index (χ2v) is 5.65. The van der Waals surface area contributed by atoms with Crippen molar-refractivity contribution >= 4 is 5.78 Å². The highest BCUT2D eigenvalue weighted by Gasteiger charge is 2.26. The summed E-state index contributed by atoms with van der Waals surface area (Å²) in [5.41, 5.74) is 5.46. The van der Waals surface area contributed by atoms with Gasteiger partial charge >= 0.3 is 0 Å². The summed E-state index contributed by atoms with van der Waals surface area (Å²) in [4.78, 5) is 14.1. The zero-order chi connectivity index (χ0) is 11.5. The lowest BCUT2D eigenvalue weighted by molar-refractivity contribution is -0.127. The van der Waals surface area contributed by atoms with E-state index in [4.69, 9.17) is 5.73 Å². The van der Waals surface area contributed by atoms with E-state index in [1.165, 1.54) is 12.8 Å². The van der Waals surface area contributed by atoms with Gasteiger partial charge in [0, 0.05) is 12.0 Å². The van der Waals surface area contributed by atoms with Gasteiger partial charge in [-0.3, -0.25) is 9.69 Å². The summed E-state index contributed by atoms with van der Waals surface area (Å²) < 4.78 is 0. The standard InChI is InChI=1S/C12H24N2O/c1-12(2,3)11(15)9-14-6-4-5-10(7-13)8-14/h10H,4-9,13H2,1-3H3/t10-/m0/s1. The van der Waals surface area contributed by atoms with Crippen molar-refractivity contribution in [2.24, 2.45) is 17.1 Å². The highest BCUT2D eigenvalue weighted by Crippen LogP contribution is 2.19. The van der Waals surface area contributed by atoms with Gasteiger partial charge in [0.2, 0.25) is 0 Å². The molecule has 1 heterocycles. The quantitative estimate of drug-likeness (QED) is 0.766. The number of rotatable bonds is 3. The van der Waals surface area contributed by atoms with Crippen LogP contribution in [-0.4, -0.2) is 36.9 Å². The highest BCUT2D eigenvalue weighted by molar-refractivity contribution is 5.85. The fourth-order valence-corrected chi connectivity index (χ4v) is 1.93. The molecule has 0 aliphatic carbocycles. The molecule has 88 valence electrons. The topological polar surface area (TPSA) is 46.3 Å². The molecule has 0 unspecified atom stereocenters. The van der Waals surface area contributed by atoms with Crippen molar-refractivity contribution in [3.63, 3.8) is 0 Å². The Hall–Kier alpha value is -0.410. The van der Waals surface area contributed by atoms with Gasteiger partial charge in [-0.1, -0.05) is 20.8 Å². The second kappa shape index (κ2) is 5.08. The smallest absolute Gasteiger partial charge is 0.152 e. The maximum atomic E-state index is 11.9. The predicted octanol–water partition coefficient (Wildman–Crippen LogP) is 1.27. The normalized spacial score (nSPS) is 24.1. The molecule has 0 aromatic rings. The molecule has 0 aromatic heterocycles. The van der Waals surface area contributed by atoms with Crippen LogP contribution in [0.5, 0.6) is 0 Å². The Bertz CT molecular complexity index is 220. The third-order valence-corrected chi connectivity index (χ3v) is 3.14. The number of nitrogens with zero attached hydrogens (tertiary/aromatic N) is 1. The van der Waals surface area contributed by atoms with Crippen LogP contribution in [0.1, 0.15) is 33.6 Å². The summed E-state index contributed by atoms with van der Waals surface area (Å²) in [7, 11) is 0. The summed E-state index contributed by atoms with van der Waals surface area (Å²) in [5, 5.41) is 0. The van der Waals surface area contributed by atoms with Gasteiger partial charge in [-0.15, -0.1) is 0 Å². The molecule has 1 aliphatic heterocycles. The lowest BCUT2D eigenvalue weighted by Crippen LogP contribution is -2.43. The van der Waals surface area contributed by atoms with Crippen LogP contribution in [0.2, 0.25) is 0 Å². The predicted molar refractivity (Wildman–Crippen MR) is 62.7 cm³/mol. The number of ketones is 1. The van der Waals surface area contributed by atoms with Crippen LogP contribution in [0, 0.1) is 11.3 Å². The van der Waals surface area contributed by atoms with E-state index in [0.717, 1.165) is 19.6 Å². The molecule has 2 N–H and O–H groups in total. The van der Waals surface area contributed by atoms with Gasteiger partial charge in [0.1, 0.15) is 0 Å². The Balaban J connectivity index is 2.41. The lowest BCUT2D eigenvalue weighted by Gasteiger charge is -2.33. The van der Waals surface area contributed by atoms with Crippen molar-refractivity contribution in [2.75, 3.05) is 26.2 Å². The SMILES string of the molecule is CC(C)(C)C(=O)CN1CCC[C@@H](CN)C1. The molecule has 1 saturated heterocycles. The van der Waals surface area contributed by atoms with E-state index in [2.05, 4.69) is 4.90 Å². The molecule has 0 amide bonds. The third-order valence-electron chi connectivity index (χ3n) is 3.14. The van der Waals surface area contributed by atoms with Crippen molar-refractivity contribution in [1.82, 2.24) is 4.90 Å². The van der Waals surface area contributed by atoms with Gasteiger partial charge in [0.05, 0.1) is 6.54 Å². The molecular formula is C12H24N2O. The summed E-state index contributed by atoms with van der Waals surface area (Å²) in [5.74, 6) is 0.923. The van der Waals surface area contributed by atoms with Gasteiger partial charge in [-0.25, -0.2) is 0 Å². The van der Waals surface area contributed by atoms with Gasteiger partial charge in [0.25, 0.3) is 0 Å². The van der Waals surface area contributed by atoms with Crippen LogP contribution in [-0.2, 0) is 4.79 Å². The highest BCUT2D eigenvalue weighted by atomic mass is 16.1.